The monoisotopic (exact) mass is 522 g/mol. The van der Waals surface area contributed by atoms with Gasteiger partial charge in [-0.25, -0.2) is 8.42 Å². The number of anilines is 2. The number of carbonyl (C=O) groups excluding carboxylic acids is 1. The van der Waals surface area contributed by atoms with Gasteiger partial charge in [-0.3, -0.25) is 14.3 Å². The maximum atomic E-state index is 13.1. The third-order valence-corrected chi connectivity index (χ3v) is 6.59. The number of benzene rings is 3. The topological polar surface area (TPSA) is 122 Å². The Morgan fingerprint density at radius 3 is 2.29 bits per heavy atom. The van der Waals surface area contributed by atoms with Crippen molar-refractivity contribution in [2.24, 2.45) is 0 Å². The number of hydrogen-bond acceptors (Lipinski definition) is 5. The van der Waals surface area contributed by atoms with Gasteiger partial charge in [0.2, 0.25) is 0 Å². The Labute approximate surface area is 206 Å². The van der Waals surface area contributed by atoms with Gasteiger partial charge in [0.15, 0.2) is 0 Å². The fraction of sp³-hybridized carbons (Fsp3) is 0.130. The summed E-state index contributed by atoms with van der Waals surface area (Å²) in [6.45, 7) is 0. The average molecular weight is 523 g/mol. The van der Waals surface area contributed by atoms with Crippen molar-refractivity contribution in [3.63, 3.8) is 0 Å². The highest BCUT2D eigenvalue weighted by molar-refractivity contribution is 7.92. The van der Waals surface area contributed by atoms with Crippen LogP contribution in [0.15, 0.2) is 65.6 Å². The van der Waals surface area contributed by atoms with Gasteiger partial charge in [0.1, 0.15) is 5.75 Å². The highest BCUT2D eigenvalue weighted by Gasteiger charge is 2.21. The van der Waals surface area contributed by atoms with E-state index in [1.54, 1.807) is 24.3 Å². The molecular formula is C23H20Cl2N2O6S. The maximum absolute atomic E-state index is 13.1. The van der Waals surface area contributed by atoms with E-state index in [1.165, 1.54) is 43.5 Å². The molecule has 178 valence electrons. The Kier molecular flexibility index (Phi) is 8.03. The highest BCUT2D eigenvalue weighted by Crippen LogP contribution is 2.28. The molecule has 3 N–H and O–H groups in total. The fourth-order valence-electron chi connectivity index (χ4n) is 3.09. The van der Waals surface area contributed by atoms with Crippen LogP contribution in [0.4, 0.5) is 11.4 Å². The van der Waals surface area contributed by atoms with Crippen molar-refractivity contribution in [1.82, 2.24) is 0 Å². The number of amides is 1. The van der Waals surface area contributed by atoms with Crippen LogP contribution in [0, 0.1) is 0 Å². The Morgan fingerprint density at radius 1 is 0.971 bits per heavy atom. The number of carboxylic acid groups (broad SMARTS) is 1. The van der Waals surface area contributed by atoms with Gasteiger partial charge in [0, 0.05) is 22.2 Å². The lowest BCUT2D eigenvalue weighted by molar-refractivity contribution is -0.136. The van der Waals surface area contributed by atoms with E-state index in [-0.39, 0.29) is 34.0 Å². The van der Waals surface area contributed by atoms with Crippen LogP contribution in [0.5, 0.6) is 5.75 Å². The Bertz CT molecular complexity index is 1330. The van der Waals surface area contributed by atoms with E-state index in [1.807, 2.05) is 0 Å². The number of carbonyl (C=O) groups is 2. The summed E-state index contributed by atoms with van der Waals surface area (Å²) in [4.78, 5) is 23.7. The molecule has 0 saturated heterocycles. The molecule has 3 rings (SSSR count). The number of ether oxygens (including phenoxy) is 1. The predicted octanol–water partition coefficient (Wildman–Crippen LogP) is 5.07. The molecule has 3 aromatic carbocycles. The number of hydrogen-bond donors (Lipinski definition) is 3. The third-order valence-electron chi connectivity index (χ3n) is 4.74. The second-order valence-corrected chi connectivity index (χ2v) is 9.68. The molecule has 0 aromatic heterocycles. The summed E-state index contributed by atoms with van der Waals surface area (Å²) in [7, 11) is -2.73. The summed E-state index contributed by atoms with van der Waals surface area (Å²) in [6, 6.07) is 14.7. The van der Waals surface area contributed by atoms with Crippen molar-refractivity contribution in [3.05, 3.63) is 81.8 Å². The lowest BCUT2D eigenvalue weighted by Gasteiger charge is -2.15. The first-order valence-corrected chi connectivity index (χ1v) is 12.1. The van der Waals surface area contributed by atoms with E-state index in [4.69, 9.17) is 33.0 Å². The van der Waals surface area contributed by atoms with Gasteiger partial charge in [0.05, 0.1) is 23.3 Å². The minimum atomic E-state index is -4.14. The molecule has 0 heterocycles. The van der Waals surface area contributed by atoms with Gasteiger partial charge in [-0.15, -0.1) is 0 Å². The number of carboxylic acids is 1. The standard InChI is InChI=1S/C23H20Cl2N2O6S/c1-33-21-10-8-18(12-14(21)2-11-22(28)29)34(31,32)27-20-9-5-16(25)13-19(20)23(30)26-17-6-3-15(24)4-7-17/h3-10,12-13,27H,2,11H2,1H3,(H,26,30)(H,28,29). The second-order valence-electron chi connectivity index (χ2n) is 7.12. The van der Waals surface area contributed by atoms with E-state index < -0.39 is 21.9 Å². The SMILES string of the molecule is COc1ccc(S(=O)(=O)Nc2ccc(Cl)cc2C(=O)Nc2ccc(Cl)cc2)cc1CCC(=O)O. The Balaban J connectivity index is 1.91. The molecule has 0 saturated carbocycles. The van der Waals surface area contributed by atoms with Gasteiger partial charge in [0.25, 0.3) is 15.9 Å². The second kappa shape index (κ2) is 10.8. The van der Waals surface area contributed by atoms with Crippen LogP contribution in [-0.4, -0.2) is 32.5 Å². The summed E-state index contributed by atoms with van der Waals surface area (Å²) in [5.74, 6) is -1.24. The molecule has 0 unspecified atom stereocenters. The number of sulfonamides is 1. The van der Waals surface area contributed by atoms with Crippen LogP contribution < -0.4 is 14.8 Å². The third kappa shape index (κ3) is 6.40. The number of rotatable bonds is 9. The molecule has 8 nitrogen and oxygen atoms in total. The fourth-order valence-corrected chi connectivity index (χ4v) is 4.52. The van der Waals surface area contributed by atoms with Crippen molar-refractivity contribution in [2.45, 2.75) is 17.7 Å². The van der Waals surface area contributed by atoms with Crippen LogP contribution in [0.1, 0.15) is 22.3 Å². The average Bonchev–Trinajstić information content (AvgIpc) is 2.79. The lowest BCUT2D eigenvalue weighted by atomic mass is 10.1. The highest BCUT2D eigenvalue weighted by atomic mass is 35.5. The summed E-state index contributed by atoms with van der Waals surface area (Å²) in [5.41, 5.74) is 0.899. The van der Waals surface area contributed by atoms with Crippen LogP contribution in [-0.2, 0) is 21.2 Å². The number of aryl methyl sites for hydroxylation is 1. The minimum Gasteiger partial charge on any atom is -0.496 e. The molecule has 34 heavy (non-hydrogen) atoms. The van der Waals surface area contributed by atoms with Crippen molar-refractivity contribution < 1.29 is 27.9 Å². The summed E-state index contributed by atoms with van der Waals surface area (Å²) in [5, 5.41) is 12.4. The normalized spacial score (nSPS) is 11.0. The quantitative estimate of drug-likeness (QED) is 0.360. The van der Waals surface area contributed by atoms with Gasteiger partial charge in [-0.05, 0) is 72.6 Å². The molecule has 0 bridgehead atoms. The van der Waals surface area contributed by atoms with Gasteiger partial charge >= 0.3 is 5.97 Å². The maximum Gasteiger partial charge on any atom is 0.303 e. The summed E-state index contributed by atoms with van der Waals surface area (Å²) >= 11 is 11.9. The number of aliphatic carboxylic acids is 1. The molecule has 1 amide bonds. The predicted molar refractivity (Wildman–Crippen MR) is 131 cm³/mol. The largest absolute Gasteiger partial charge is 0.496 e. The molecule has 3 aromatic rings. The number of methoxy groups -OCH3 is 1. The molecule has 0 aliphatic heterocycles. The number of halogens is 2. The molecule has 0 aliphatic rings. The zero-order valence-corrected chi connectivity index (χ0v) is 20.2. The van der Waals surface area contributed by atoms with Gasteiger partial charge < -0.3 is 15.2 Å². The van der Waals surface area contributed by atoms with E-state index in [0.717, 1.165) is 0 Å². The van der Waals surface area contributed by atoms with Crippen molar-refractivity contribution in [2.75, 3.05) is 17.1 Å². The Hall–Kier alpha value is -3.27. The van der Waals surface area contributed by atoms with E-state index >= 15 is 0 Å². The molecule has 0 fully saturated rings. The van der Waals surface area contributed by atoms with E-state index in [9.17, 15) is 18.0 Å². The zero-order chi connectivity index (χ0) is 24.9. The summed E-state index contributed by atoms with van der Waals surface area (Å²) < 4.78 is 33.8. The van der Waals surface area contributed by atoms with Crippen LogP contribution >= 0.6 is 23.2 Å². The lowest BCUT2D eigenvalue weighted by Crippen LogP contribution is -2.19. The Morgan fingerprint density at radius 2 is 1.65 bits per heavy atom. The van der Waals surface area contributed by atoms with Crippen LogP contribution in [0.2, 0.25) is 10.0 Å². The number of nitrogens with one attached hydrogen (secondary N) is 2. The zero-order valence-electron chi connectivity index (χ0n) is 17.8. The van der Waals surface area contributed by atoms with Gasteiger partial charge in [-0.2, -0.15) is 0 Å². The molecular weight excluding hydrogens is 503 g/mol. The summed E-state index contributed by atoms with van der Waals surface area (Å²) in [6.07, 6.45) is -0.114. The first kappa shape index (κ1) is 25.4. The van der Waals surface area contributed by atoms with Gasteiger partial charge in [-0.1, -0.05) is 23.2 Å². The van der Waals surface area contributed by atoms with E-state index in [2.05, 4.69) is 10.0 Å². The first-order chi connectivity index (χ1) is 16.1. The van der Waals surface area contributed by atoms with Crippen LogP contribution in [0.25, 0.3) is 0 Å². The molecule has 0 aliphatic carbocycles. The van der Waals surface area contributed by atoms with Crippen molar-refractivity contribution in [3.8, 4) is 5.75 Å². The van der Waals surface area contributed by atoms with Crippen molar-refractivity contribution in [1.29, 1.82) is 0 Å². The van der Waals surface area contributed by atoms with E-state index in [0.29, 0.717) is 22.0 Å². The molecule has 11 heteroatoms. The minimum absolute atomic E-state index is 0.00522. The molecule has 0 atom stereocenters. The molecule has 0 spiro atoms. The first-order valence-electron chi connectivity index (χ1n) is 9.87. The molecule has 0 radical (unpaired) electrons. The van der Waals surface area contributed by atoms with Crippen LogP contribution in [0.3, 0.4) is 0 Å². The smallest absolute Gasteiger partial charge is 0.303 e. The van der Waals surface area contributed by atoms with Crippen molar-refractivity contribution >= 4 is 56.5 Å².